The quantitative estimate of drug-likeness (QED) is 0.300. The molecule has 1 N–H and O–H groups in total. The Labute approximate surface area is 183 Å². The van der Waals surface area contributed by atoms with Gasteiger partial charge in [0, 0.05) is 26.7 Å². The van der Waals surface area contributed by atoms with Gasteiger partial charge in [-0.15, -0.1) is 0 Å². The normalized spacial score (nSPS) is 12.0. The molecule has 1 amide bonds. The number of methoxy groups -OCH3 is 1. The van der Waals surface area contributed by atoms with Crippen molar-refractivity contribution in [1.82, 2.24) is 5.06 Å². The van der Waals surface area contributed by atoms with Crippen molar-refractivity contribution in [2.75, 3.05) is 14.2 Å². The molecule has 0 aliphatic rings. The van der Waals surface area contributed by atoms with E-state index in [4.69, 9.17) is 14.7 Å². The number of benzene rings is 3. The van der Waals surface area contributed by atoms with E-state index in [1.807, 2.05) is 66.7 Å². The maximum absolute atomic E-state index is 11.4. The molecule has 3 aromatic carbocycles. The summed E-state index contributed by atoms with van der Waals surface area (Å²) in [7, 11) is 2.99. The molecule has 0 aliphatic carbocycles. The van der Waals surface area contributed by atoms with Crippen LogP contribution < -0.4 is 4.74 Å². The van der Waals surface area contributed by atoms with Gasteiger partial charge in [-0.05, 0) is 40.5 Å². The highest BCUT2D eigenvalue weighted by molar-refractivity contribution is 5.90. The Morgan fingerprint density at radius 1 is 0.968 bits per heavy atom. The molecule has 0 radical (unpaired) electrons. The van der Waals surface area contributed by atoms with Crippen LogP contribution in [0.25, 0.3) is 6.08 Å². The van der Waals surface area contributed by atoms with Gasteiger partial charge in [0.15, 0.2) is 0 Å². The lowest BCUT2D eigenvalue weighted by atomic mass is 10.00. The van der Waals surface area contributed by atoms with Crippen LogP contribution >= 0.6 is 0 Å². The summed E-state index contributed by atoms with van der Waals surface area (Å²) in [6, 6.07) is 26.0. The molecule has 0 fully saturated rings. The van der Waals surface area contributed by atoms with Crippen LogP contribution in [-0.2, 0) is 22.6 Å². The molecule has 1 atom stereocenters. The van der Waals surface area contributed by atoms with Gasteiger partial charge in [0.2, 0.25) is 0 Å². The fourth-order valence-corrected chi connectivity index (χ4v) is 3.11. The number of nitrogens with zero attached hydrogens (tertiary/aromatic N) is 1. The summed E-state index contributed by atoms with van der Waals surface area (Å²) in [6.07, 6.45) is 3.64. The van der Waals surface area contributed by atoms with Gasteiger partial charge in [-0.25, -0.2) is 5.06 Å². The van der Waals surface area contributed by atoms with Crippen LogP contribution in [0, 0.1) is 0 Å². The molecule has 0 saturated heterocycles. The first-order chi connectivity index (χ1) is 15.0. The van der Waals surface area contributed by atoms with Crippen molar-refractivity contribution >= 4 is 12.0 Å². The Hall–Kier alpha value is -3.41. The van der Waals surface area contributed by atoms with Crippen molar-refractivity contribution in [2.45, 2.75) is 19.1 Å². The summed E-state index contributed by atoms with van der Waals surface area (Å²) in [4.78, 5) is 11.4. The number of hydrogen-bond acceptors (Lipinski definition) is 4. The molecule has 0 bridgehead atoms. The molecular formula is C26H27NO4. The molecule has 0 spiro atoms. The van der Waals surface area contributed by atoms with Crippen molar-refractivity contribution in [3.8, 4) is 5.75 Å². The van der Waals surface area contributed by atoms with E-state index in [1.165, 1.54) is 13.1 Å². The maximum Gasteiger partial charge on any atom is 0.269 e. The molecule has 5 nitrogen and oxygen atoms in total. The van der Waals surface area contributed by atoms with Gasteiger partial charge in [-0.2, -0.15) is 0 Å². The van der Waals surface area contributed by atoms with Gasteiger partial charge in [-0.3, -0.25) is 10.0 Å². The average molecular weight is 418 g/mol. The van der Waals surface area contributed by atoms with Gasteiger partial charge in [-0.1, -0.05) is 66.7 Å². The number of carbonyl (C=O) groups excluding carboxylic acids is 1. The third kappa shape index (κ3) is 6.81. The monoisotopic (exact) mass is 417 g/mol. The van der Waals surface area contributed by atoms with Crippen LogP contribution in [-0.4, -0.2) is 30.3 Å². The van der Waals surface area contributed by atoms with E-state index in [0.29, 0.717) is 11.7 Å². The number of ether oxygens (including phenoxy) is 2. The van der Waals surface area contributed by atoms with Crippen molar-refractivity contribution in [2.24, 2.45) is 0 Å². The topological polar surface area (TPSA) is 59.0 Å². The van der Waals surface area contributed by atoms with Gasteiger partial charge in [0.05, 0.1) is 6.10 Å². The number of rotatable bonds is 9. The molecule has 31 heavy (non-hydrogen) atoms. The van der Waals surface area contributed by atoms with Crippen molar-refractivity contribution in [1.29, 1.82) is 0 Å². The molecule has 160 valence electrons. The summed E-state index contributed by atoms with van der Waals surface area (Å²) in [5.74, 6) is 0.357. The van der Waals surface area contributed by atoms with Crippen LogP contribution in [0.1, 0.15) is 28.4 Å². The highest BCUT2D eigenvalue weighted by Gasteiger charge is 2.12. The number of likely N-dealkylation sites (N-methyl/N-ethyl adjacent to an activating group) is 1. The van der Waals surface area contributed by atoms with Gasteiger partial charge in [0.1, 0.15) is 12.4 Å². The van der Waals surface area contributed by atoms with Crippen LogP contribution in [0.5, 0.6) is 5.75 Å². The minimum Gasteiger partial charge on any atom is -0.489 e. The molecule has 3 rings (SSSR count). The first-order valence-corrected chi connectivity index (χ1v) is 10.1. The second-order valence-electron chi connectivity index (χ2n) is 7.21. The first kappa shape index (κ1) is 22.3. The van der Waals surface area contributed by atoms with Gasteiger partial charge < -0.3 is 9.47 Å². The Balaban J connectivity index is 1.58. The predicted molar refractivity (Wildman–Crippen MR) is 121 cm³/mol. The van der Waals surface area contributed by atoms with Gasteiger partial charge >= 0.3 is 0 Å². The Bertz CT molecular complexity index is 980. The number of amides is 1. The van der Waals surface area contributed by atoms with E-state index in [2.05, 4.69) is 12.1 Å². The summed E-state index contributed by atoms with van der Waals surface area (Å²) >= 11 is 0. The second-order valence-corrected chi connectivity index (χ2v) is 7.21. The molecular weight excluding hydrogens is 390 g/mol. The predicted octanol–water partition coefficient (Wildman–Crippen LogP) is 5.06. The summed E-state index contributed by atoms with van der Waals surface area (Å²) in [5.41, 5.74) is 4.21. The molecule has 3 aromatic rings. The third-order valence-electron chi connectivity index (χ3n) is 4.92. The Morgan fingerprint density at radius 2 is 1.65 bits per heavy atom. The van der Waals surface area contributed by atoms with Crippen LogP contribution in [0.4, 0.5) is 0 Å². The lowest BCUT2D eigenvalue weighted by molar-refractivity contribution is -0.153. The van der Waals surface area contributed by atoms with E-state index >= 15 is 0 Å². The molecule has 0 aromatic heterocycles. The fraction of sp³-hybridized carbons (Fsp3) is 0.192. The first-order valence-electron chi connectivity index (χ1n) is 10.1. The van der Waals surface area contributed by atoms with Crippen LogP contribution in [0.15, 0.2) is 84.9 Å². The number of hydrogen-bond donors (Lipinski definition) is 1. The molecule has 0 aliphatic heterocycles. The van der Waals surface area contributed by atoms with Crippen LogP contribution in [0.3, 0.4) is 0 Å². The maximum atomic E-state index is 11.4. The molecule has 1 unspecified atom stereocenters. The summed E-state index contributed by atoms with van der Waals surface area (Å²) < 4.78 is 11.6. The average Bonchev–Trinajstić information content (AvgIpc) is 2.81. The van der Waals surface area contributed by atoms with Gasteiger partial charge in [0.25, 0.3) is 5.91 Å². The number of carbonyl (C=O) groups is 1. The van der Waals surface area contributed by atoms with Crippen molar-refractivity contribution < 1.29 is 19.5 Å². The largest absolute Gasteiger partial charge is 0.489 e. The van der Waals surface area contributed by atoms with Crippen LogP contribution in [0.2, 0.25) is 0 Å². The Morgan fingerprint density at radius 3 is 2.26 bits per heavy atom. The smallest absolute Gasteiger partial charge is 0.269 e. The van der Waals surface area contributed by atoms with E-state index in [-0.39, 0.29) is 6.10 Å². The highest BCUT2D eigenvalue weighted by Crippen LogP contribution is 2.24. The summed E-state index contributed by atoms with van der Waals surface area (Å²) in [6.45, 7) is 0.544. The fourth-order valence-electron chi connectivity index (χ4n) is 3.11. The van der Waals surface area contributed by atoms with E-state index in [9.17, 15) is 4.79 Å². The highest BCUT2D eigenvalue weighted by atomic mass is 16.5. The number of hydroxylamine groups is 2. The molecule has 0 saturated carbocycles. The second kappa shape index (κ2) is 11.1. The molecule has 0 heterocycles. The Kier molecular flexibility index (Phi) is 7.98. The minimum absolute atomic E-state index is 0.0840. The van der Waals surface area contributed by atoms with Crippen molar-refractivity contribution in [3.63, 3.8) is 0 Å². The summed E-state index contributed by atoms with van der Waals surface area (Å²) in [5, 5.41) is 9.64. The zero-order valence-corrected chi connectivity index (χ0v) is 17.8. The zero-order chi connectivity index (χ0) is 22.1. The zero-order valence-electron chi connectivity index (χ0n) is 17.8. The third-order valence-corrected chi connectivity index (χ3v) is 4.92. The standard InChI is InChI=1S/C26H27NO4/c1-27(29)26(28)17-12-20-8-13-23(14-9-20)25(30-2)18-21-10-15-24(16-11-21)31-19-22-6-4-3-5-7-22/h3-17,25,29H,18-19H2,1-2H3/b17-12+. The van der Waals surface area contributed by atoms with Crippen molar-refractivity contribution in [3.05, 3.63) is 107 Å². The lowest BCUT2D eigenvalue weighted by Crippen LogP contribution is -2.19. The van der Waals surface area contributed by atoms with E-state index < -0.39 is 5.91 Å². The SMILES string of the molecule is COC(Cc1ccc(OCc2ccccc2)cc1)c1ccc(/C=C/C(=O)N(C)O)cc1. The minimum atomic E-state index is -0.477. The van der Waals surface area contributed by atoms with E-state index in [0.717, 1.165) is 34.4 Å². The lowest BCUT2D eigenvalue weighted by Gasteiger charge is -2.16. The van der Waals surface area contributed by atoms with E-state index in [1.54, 1.807) is 13.2 Å². The molecule has 5 heteroatoms.